The molecular formula is C14H17N3O4. The molecule has 0 bridgehead atoms. The van der Waals surface area contributed by atoms with E-state index in [-0.39, 0.29) is 11.6 Å². The van der Waals surface area contributed by atoms with Gasteiger partial charge in [0, 0.05) is 12.6 Å². The molecule has 1 atom stereocenters. The molecule has 1 aromatic heterocycles. The van der Waals surface area contributed by atoms with Crippen molar-refractivity contribution in [1.82, 2.24) is 14.5 Å². The van der Waals surface area contributed by atoms with Gasteiger partial charge in [-0.3, -0.25) is 9.59 Å². The lowest BCUT2D eigenvalue weighted by Crippen LogP contribution is -2.40. The number of H-pyrrole nitrogens is 1. The standard InChI is InChI=1S/C14H17N3O4/c1-8(16(2)3)7-17-11-5-4-9(14(20)21)6-10(11)15-12(18)13(17)19/h4-6,8H,7H2,1-3H3,(H,15,18)(H,20,21). The Morgan fingerprint density at radius 1 is 1.38 bits per heavy atom. The fourth-order valence-corrected chi connectivity index (χ4v) is 2.02. The predicted molar refractivity (Wildman–Crippen MR) is 78.9 cm³/mol. The minimum Gasteiger partial charge on any atom is -0.478 e. The van der Waals surface area contributed by atoms with E-state index in [1.807, 2.05) is 25.9 Å². The zero-order valence-corrected chi connectivity index (χ0v) is 12.1. The Balaban J connectivity index is 2.68. The Kier molecular flexibility index (Phi) is 3.95. The predicted octanol–water partition coefficient (Wildman–Crippen LogP) is 0.338. The summed E-state index contributed by atoms with van der Waals surface area (Å²) >= 11 is 0. The van der Waals surface area contributed by atoms with E-state index < -0.39 is 17.1 Å². The average molecular weight is 291 g/mol. The van der Waals surface area contributed by atoms with Crippen molar-refractivity contribution in [2.24, 2.45) is 0 Å². The first-order chi connectivity index (χ1) is 9.81. The lowest BCUT2D eigenvalue weighted by Gasteiger charge is -2.21. The molecule has 0 spiro atoms. The molecule has 0 aliphatic rings. The molecule has 0 radical (unpaired) electrons. The number of likely N-dealkylation sites (N-methyl/N-ethyl adjacent to an activating group) is 1. The molecule has 7 heteroatoms. The van der Waals surface area contributed by atoms with Crippen molar-refractivity contribution >= 4 is 17.0 Å². The molecule has 0 saturated carbocycles. The molecule has 0 aliphatic heterocycles. The molecule has 0 aliphatic carbocycles. The number of aromatic nitrogens is 2. The van der Waals surface area contributed by atoms with Gasteiger partial charge in [0.2, 0.25) is 0 Å². The number of hydrogen-bond acceptors (Lipinski definition) is 4. The molecule has 0 fully saturated rings. The van der Waals surface area contributed by atoms with Gasteiger partial charge in [0.05, 0.1) is 16.6 Å². The summed E-state index contributed by atoms with van der Waals surface area (Å²) in [5, 5.41) is 8.99. The van der Waals surface area contributed by atoms with Gasteiger partial charge in [-0.05, 0) is 39.2 Å². The monoisotopic (exact) mass is 291 g/mol. The number of aromatic carboxylic acids is 1. The minimum absolute atomic E-state index is 0.0480. The van der Waals surface area contributed by atoms with Crippen LogP contribution in [-0.2, 0) is 6.54 Å². The lowest BCUT2D eigenvalue weighted by atomic mass is 10.2. The van der Waals surface area contributed by atoms with Gasteiger partial charge in [-0.2, -0.15) is 0 Å². The Morgan fingerprint density at radius 3 is 2.62 bits per heavy atom. The summed E-state index contributed by atoms with van der Waals surface area (Å²) in [5.41, 5.74) is -0.483. The number of carboxylic acid groups (broad SMARTS) is 1. The summed E-state index contributed by atoms with van der Waals surface area (Å²) in [5.74, 6) is -1.09. The number of aromatic amines is 1. The normalized spacial score (nSPS) is 12.8. The van der Waals surface area contributed by atoms with Gasteiger partial charge in [0.25, 0.3) is 0 Å². The second kappa shape index (κ2) is 5.53. The van der Waals surface area contributed by atoms with Crippen LogP contribution < -0.4 is 11.1 Å². The minimum atomic E-state index is -1.09. The third-order valence-corrected chi connectivity index (χ3v) is 3.55. The molecule has 0 saturated heterocycles. The van der Waals surface area contributed by atoms with E-state index in [0.29, 0.717) is 17.6 Å². The van der Waals surface area contributed by atoms with Crippen molar-refractivity contribution in [2.75, 3.05) is 14.1 Å². The summed E-state index contributed by atoms with van der Waals surface area (Å²) in [6.07, 6.45) is 0. The molecule has 1 heterocycles. The van der Waals surface area contributed by atoms with Crippen molar-refractivity contribution in [3.05, 3.63) is 44.5 Å². The van der Waals surface area contributed by atoms with E-state index >= 15 is 0 Å². The van der Waals surface area contributed by atoms with E-state index in [1.54, 1.807) is 6.07 Å². The highest BCUT2D eigenvalue weighted by atomic mass is 16.4. The molecule has 7 nitrogen and oxygen atoms in total. The second-order valence-corrected chi connectivity index (χ2v) is 5.22. The number of carboxylic acids is 1. The third-order valence-electron chi connectivity index (χ3n) is 3.55. The van der Waals surface area contributed by atoms with Gasteiger partial charge >= 0.3 is 17.1 Å². The van der Waals surface area contributed by atoms with Crippen LogP contribution in [0.3, 0.4) is 0 Å². The van der Waals surface area contributed by atoms with Crippen molar-refractivity contribution in [3.8, 4) is 0 Å². The molecular weight excluding hydrogens is 274 g/mol. The van der Waals surface area contributed by atoms with Gasteiger partial charge < -0.3 is 19.6 Å². The maximum absolute atomic E-state index is 12.0. The van der Waals surface area contributed by atoms with Crippen LogP contribution in [0.25, 0.3) is 11.0 Å². The molecule has 2 rings (SSSR count). The first kappa shape index (κ1) is 15.0. The largest absolute Gasteiger partial charge is 0.478 e. The number of carbonyl (C=O) groups is 1. The number of nitrogens with zero attached hydrogens (tertiary/aromatic N) is 2. The molecule has 1 unspecified atom stereocenters. The van der Waals surface area contributed by atoms with E-state index in [1.165, 1.54) is 16.7 Å². The van der Waals surface area contributed by atoms with Crippen molar-refractivity contribution in [1.29, 1.82) is 0 Å². The highest BCUT2D eigenvalue weighted by Gasteiger charge is 2.13. The topological polar surface area (TPSA) is 95.4 Å². The molecule has 0 amide bonds. The van der Waals surface area contributed by atoms with Crippen LogP contribution in [0.15, 0.2) is 27.8 Å². The Morgan fingerprint density at radius 2 is 2.05 bits per heavy atom. The summed E-state index contributed by atoms with van der Waals surface area (Å²) in [7, 11) is 3.77. The van der Waals surface area contributed by atoms with Gasteiger partial charge in [-0.15, -0.1) is 0 Å². The van der Waals surface area contributed by atoms with E-state index in [4.69, 9.17) is 5.11 Å². The zero-order valence-electron chi connectivity index (χ0n) is 12.1. The van der Waals surface area contributed by atoms with Gasteiger partial charge in [-0.25, -0.2) is 4.79 Å². The Labute approximate surface area is 120 Å². The summed E-state index contributed by atoms with van der Waals surface area (Å²) in [6, 6.07) is 4.36. The summed E-state index contributed by atoms with van der Waals surface area (Å²) in [6.45, 7) is 2.28. The molecule has 112 valence electrons. The maximum atomic E-state index is 12.0. The zero-order chi connectivity index (χ0) is 15.7. The highest BCUT2D eigenvalue weighted by molar-refractivity contribution is 5.92. The van der Waals surface area contributed by atoms with E-state index in [2.05, 4.69) is 4.98 Å². The van der Waals surface area contributed by atoms with Gasteiger partial charge in [0.15, 0.2) is 0 Å². The number of rotatable bonds is 4. The number of nitrogens with one attached hydrogen (secondary N) is 1. The average Bonchev–Trinajstić information content (AvgIpc) is 2.42. The smallest absolute Gasteiger partial charge is 0.335 e. The number of hydrogen-bond donors (Lipinski definition) is 2. The Hall–Kier alpha value is -2.41. The quantitative estimate of drug-likeness (QED) is 0.792. The van der Waals surface area contributed by atoms with Crippen LogP contribution in [-0.4, -0.2) is 45.7 Å². The summed E-state index contributed by atoms with van der Waals surface area (Å²) in [4.78, 5) is 39.1. The third kappa shape index (κ3) is 2.87. The van der Waals surface area contributed by atoms with E-state index in [9.17, 15) is 14.4 Å². The molecule has 1 aromatic carbocycles. The van der Waals surface area contributed by atoms with Crippen LogP contribution in [0.4, 0.5) is 0 Å². The summed E-state index contributed by atoms with van der Waals surface area (Å²) < 4.78 is 1.38. The van der Waals surface area contributed by atoms with Crippen LogP contribution in [0.2, 0.25) is 0 Å². The number of benzene rings is 1. The first-order valence-electron chi connectivity index (χ1n) is 6.48. The van der Waals surface area contributed by atoms with Crippen molar-refractivity contribution in [3.63, 3.8) is 0 Å². The van der Waals surface area contributed by atoms with Crippen molar-refractivity contribution in [2.45, 2.75) is 19.5 Å². The highest BCUT2D eigenvalue weighted by Crippen LogP contribution is 2.12. The molecule has 2 aromatic rings. The second-order valence-electron chi connectivity index (χ2n) is 5.22. The lowest BCUT2D eigenvalue weighted by molar-refractivity contribution is 0.0697. The maximum Gasteiger partial charge on any atom is 0.335 e. The Bertz CT molecular complexity index is 804. The molecule has 21 heavy (non-hydrogen) atoms. The number of fused-ring (bicyclic) bond motifs is 1. The molecule has 2 N–H and O–H groups in total. The van der Waals surface area contributed by atoms with Gasteiger partial charge in [-0.1, -0.05) is 0 Å². The van der Waals surface area contributed by atoms with E-state index in [0.717, 1.165) is 0 Å². The van der Waals surface area contributed by atoms with Crippen LogP contribution in [0.5, 0.6) is 0 Å². The fraction of sp³-hybridized carbons (Fsp3) is 0.357. The van der Waals surface area contributed by atoms with Crippen molar-refractivity contribution < 1.29 is 9.90 Å². The fourth-order valence-electron chi connectivity index (χ4n) is 2.02. The SMILES string of the molecule is CC(Cn1c(=O)c(=O)[nH]c2cc(C(=O)O)ccc21)N(C)C. The van der Waals surface area contributed by atoms with Crippen LogP contribution >= 0.6 is 0 Å². The van der Waals surface area contributed by atoms with Crippen LogP contribution in [0.1, 0.15) is 17.3 Å². The van der Waals surface area contributed by atoms with Crippen LogP contribution in [0, 0.1) is 0 Å². The van der Waals surface area contributed by atoms with Gasteiger partial charge in [0.1, 0.15) is 0 Å². The first-order valence-corrected chi connectivity index (χ1v) is 6.48.